The summed E-state index contributed by atoms with van der Waals surface area (Å²) in [4.78, 5) is 23.4. The number of carbonyl (C=O) groups excluding carboxylic acids is 1. The number of nitrogens with one attached hydrogen (secondary N) is 2. The number of amides is 1. The van der Waals surface area contributed by atoms with Crippen molar-refractivity contribution in [2.24, 2.45) is 5.92 Å². The summed E-state index contributed by atoms with van der Waals surface area (Å²) >= 11 is 0. The number of carbonyl (C=O) groups is 1. The molecule has 0 aliphatic rings. The van der Waals surface area contributed by atoms with E-state index in [4.69, 9.17) is 5.73 Å². The quantitative estimate of drug-likeness (QED) is 0.665. The zero-order chi connectivity index (χ0) is 14.3. The Morgan fingerprint density at radius 1 is 1.35 bits per heavy atom. The molecule has 1 amide bonds. The van der Waals surface area contributed by atoms with Gasteiger partial charge in [-0.3, -0.25) is 9.78 Å². The standard InChI is InChI=1S/C14H15N5O/c1-7(2)13(20)18-12-11-8-5-6-16-9(8)3-4-10(11)17-14(15)19-12/h3-7H,1-2H3,(H,18,20)(H3,15,17,19). The van der Waals surface area contributed by atoms with E-state index >= 15 is 0 Å². The smallest absolute Gasteiger partial charge is 0.228 e. The van der Waals surface area contributed by atoms with Crippen LogP contribution in [-0.4, -0.2) is 20.9 Å². The zero-order valence-electron chi connectivity index (χ0n) is 11.3. The van der Waals surface area contributed by atoms with E-state index in [1.807, 2.05) is 32.0 Å². The summed E-state index contributed by atoms with van der Waals surface area (Å²) in [6.45, 7) is 3.66. The number of benzene rings is 1. The molecule has 0 fully saturated rings. The molecule has 6 nitrogen and oxygen atoms in total. The molecule has 0 saturated carbocycles. The first-order valence-corrected chi connectivity index (χ1v) is 6.40. The molecule has 2 heterocycles. The minimum absolute atomic E-state index is 0.0964. The Labute approximate surface area is 115 Å². The second kappa shape index (κ2) is 4.48. The van der Waals surface area contributed by atoms with Crippen molar-refractivity contribution in [1.29, 1.82) is 0 Å². The van der Waals surface area contributed by atoms with Crippen LogP contribution in [0.3, 0.4) is 0 Å². The van der Waals surface area contributed by atoms with Gasteiger partial charge < -0.3 is 16.0 Å². The fraction of sp³-hybridized carbons (Fsp3) is 0.214. The molecule has 0 spiro atoms. The minimum Gasteiger partial charge on any atom is -0.369 e. The van der Waals surface area contributed by atoms with Crippen LogP contribution in [0.2, 0.25) is 0 Å². The Morgan fingerprint density at radius 3 is 2.90 bits per heavy atom. The molecule has 2 aromatic heterocycles. The first kappa shape index (κ1) is 12.4. The average molecular weight is 269 g/mol. The molecule has 0 radical (unpaired) electrons. The lowest BCUT2D eigenvalue weighted by molar-refractivity contribution is -0.118. The zero-order valence-corrected chi connectivity index (χ0v) is 11.3. The summed E-state index contributed by atoms with van der Waals surface area (Å²) in [5.74, 6) is 0.499. The highest BCUT2D eigenvalue weighted by Crippen LogP contribution is 2.29. The first-order valence-electron chi connectivity index (χ1n) is 6.40. The fourth-order valence-corrected chi connectivity index (χ4v) is 2.13. The predicted molar refractivity (Wildman–Crippen MR) is 79.3 cm³/mol. The Bertz CT molecular complexity index is 806. The highest BCUT2D eigenvalue weighted by molar-refractivity contribution is 6.13. The molecule has 0 unspecified atom stereocenters. The van der Waals surface area contributed by atoms with Crippen molar-refractivity contribution in [3.8, 4) is 0 Å². The van der Waals surface area contributed by atoms with Crippen molar-refractivity contribution in [1.82, 2.24) is 15.0 Å². The third kappa shape index (κ3) is 1.95. The van der Waals surface area contributed by atoms with E-state index in [9.17, 15) is 4.79 Å². The van der Waals surface area contributed by atoms with E-state index in [0.29, 0.717) is 5.82 Å². The highest BCUT2D eigenvalue weighted by atomic mass is 16.1. The van der Waals surface area contributed by atoms with Gasteiger partial charge in [-0.2, -0.15) is 4.98 Å². The molecule has 3 aromatic rings. The first-order chi connectivity index (χ1) is 9.56. The van der Waals surface area contributed by atoms with Gasteiger partial charge >= 0.3 is 0 Å². The lowest BCUT2D eigenvalue weighted by Crippen LogP contribution is -2.19. The Kier molecular flexibility index (Phi) is 2.78. The van der Waals surface area contributed by atoms with E-state index in [1.165, 1.54) is 0 Å². The van der Waals surface area contributed by atoms with Crippen LogP contribution in [-0.2, 0) is 4.79 Å². The molecule has 0 atom stereocenters. The fourth-order valence-electron chi connectivity index (χ4n) is 2.13. The van der Waals surface area contributed by atoms with Crippen molar-refractivity contribution in [2.75, 3.05) is 11.1 Å². The van der Waals surface area contributed by atoms with Crippen LogP contribution < -0.4 is 11.1 Å². The maximum absolute atomic E-state index is 11.9. The van der Waals surface area contributed by atoms with Crippen molar-refractivity contribution in [3.05, 3.63) is 24.4 Å². The number of nitrogens with two attached hydrogens (primary N) is 1. The van der Waals surface area contributed by atoms with Gasteiger partial charge in [-0.05, 0) is 18.2 Å². The van der Waals surface area contributed by atoms with Crippen molar-refractivity contribution in [3.63, 3.8) is 0 Å². The molecule has 6 heteroatoms. The summed E-state index contributed by atoms with van der Waals surface area (Å²) in [5, 5.41) is 4.59. The summed E-state index contributed by atoms with van der Waals surface area (Å²) in [7, 11) is 0. The SMILES string of the molecule is CC(C)C(=O)Nc1nc(N)[nH]c2ccc3nccc3c12. The second-order valence-corrected chi connectivity index (χ2v) is 4.98. The summed E-state index contributed by atoms with van der Waals surface area (Å²) in [5.41, 5.74) is 7.44. The maximum Gasteiger partial charge on any atom is 0.228 e. The number of fused-ring (bicyclic) bond motifs is 3. The maximum atomic E-state index is 11.9. The second-order valence-electron chi connectivity index (χ2n) is 4.98. The van der Waals surface area contributed by atoms with Gasteiger partial charge in [0.2, 0.25) is 5.91 Å². The molecule has 20 heavy (non-hydrogen) atoms. The van der Waals surface area contributed by atoms with Gasteiger partial charge in [-0.15, -0.1) is 0 Å². The largest absolute Gasteiger partial charge is 0.369 e. The van der Waals surface area contributed by atoms with Crippen LogP contribution in [0.5, 0.6) is 0 Å². The molecule has 0 aliphatic heterocycles. The van der Waals surface area contributed by atoms with E-state index in [2.05, 4.69) is 20.3 Å². The third-order valence-electron chi connectivity index (χ3n) is 3.18. The Morgan fingerprint density at radius 2 is 2.15 bits per heavy atom. The van der Waals surface area contributed by atoms with E-state index in [1.54, 1.807) is 6.20 Å². The van der Waals surface area contributed by atoms with E-state index in [-0.39, 0.29) is 17.8 Å². The summed E-state index contributed by atoms with van der Waals surface area (Å²) < 4.78 is 0. The number of nitrogens with zero attached hydrogens (tertiary/aromatic N) is 2. The van der Waals surface area contributed by atoms with Crippen LogP contribution in [0.4, 0.5) is 11.8 Å². The van der Waals surface area contributed by atoms with E-state index < -0.39 is 0 Å². The normalized spacial score (nSPS) is 11.3. The molecule has 1 aromatic carbocycles. The van der Waals surface area contributed by atoms with Gasteiger partial charge in [-0.25, -0.2) is 0 Å². The summed E-state index contributed by atoms with van der Waals surface area (Å²) in [6.07, 6.45) is 1.73. The number of aromatic nitrogens is 3. The number of hydrogen-bond donors (Lipinski definition) is 3. The van der Waals surface area contributed by atoms with Crippen LogP contribution in [0.1, 0.15) is 13.8 Å². The highest BCUT2D eigenvalue weighted by Gasteiger charge is 2.14. The number of nitrogen functional groups attached to an aromatic ring is 1. The number of H-pyrrole nitrogens is 1. The summed E-state index contributed by atoms with van der Waals surface area (Å²) in [6, 6.07) is 5.68. The van der Waals surface area contributed by atoms with Gasteiger partial charge in [0.15, 0.2) is 5.95 Å². The molecular formula is C14H15N5O. The van der Waals surface area contributed by atoms with Crippen molar-refractivity contribution in [2.45, 2.75) is 13.8 Å². The average Bonchev–Trinajstić information content (AvgIpc) is 2.85. The van der Waals surface area contributed by atoms with Crippen LogP contribution in [0, 0.1) is 5.92 Å². The molecule has 4 N–H and O–H groups in total. The van der Waals surface area contributed by atoms with Gasteiger partial charge in [0, 0.05) is 17.5 Å². The topological polar surface area (TPSA) is 96.7 Å². The Balaban J connectivity index is 2.28. The van der Waals surface area contributed by atoms with Gasteiger partial charge in [0.1, 0.15) is 5.82 Å². The Hall–Kier alpha value is -2.63. The monoisotopic (exact) mass is 269 g/mol. The van der Waals surface area contributed by atoms with Crippen LogP contribution in [0.15, 0.2) is 24.4 Å². The molecule has 102 valence electrons. The lowest BCUT2D eigenvalue weighted by atomic mass is 10.1. The van der Waals surface area contributed by atoms with Crippen LogP contribution in [0.25, 0.3) is 21.8 Å². The number of rotatable bonds is 2. The van der Waals surface area contributed by atoms with Gasteiger partial charge in [-0.1, -0.05) is 13.8 Å². The molecule has 0 saturated heterocycles. The van der Waals surface area contributed by atoms with E-state index in [0.717, 1.165) is 21.8 Å². The number of anilines is 2. The minimum atomic E-state index is -0.130. The molecule has 0 bridgehead atoms. The number of hydrogen-bond acceptors (Lipinski definition) is 4. The molecule has 0 aliphatic carbocycles. The number of aromatic amines is 1. The molecular weight excluding hydrogens is 254 g/mol. The third-order valence-corrected chi connectivity index (χ3v) is 3.18. The van der Waals surface area contributed by atoms with Crippen molar-refractivity contribution >= 4 is 39.5 Å². The van der Waals surface area contributed by atoms with Crippen LogP contribution >= 0.6 is 0 Å². The predicted octanol–water partition coefficient (Wildman–Crippen LogP) is 2.29. The van der Waals surface area contributed by atoms with Crippen molar-refractivity contribution < 1.29 is 4.79 Å². The molecule has 3 rings (SSSR count). The van der Waals surface area contributed by atoms with Gasteiger partial charge in [0.25, 0.3) is 0 Å². The lowest BCUT2D eigenvalue weighted by Gasteiger charge is -2.11. The van der Waals surface area contributed by atoms with Gasteiger partial charge in [0.05, 0.1) is 16.4 Å².